The molecule has 2 N–H and O–H groups in total. The largest absolute Gasteiger partial charge is 0.335 e. The van der Waals surface area contributed by atoms with E-state index in [2.05, 4.69) is 20.6 Å². The fourth-order valence-corrected chi connectivity index (χ4v) is 2.83. The van der Waals surface area contributed by atoms with E-state index in [1.165, 1.54) is 0 Å². The predicted molar refractivity (Wildman–Crippen MR) is 99.2 cm³/mol. The summed E-state index contributed by atoms with van der Waals surface area (Å²) in [7, 11) is 1.77. The Morgan fingerprint density at radius 3 is 2.85 bits per heavy atom. The van der Waals surface area contributed by atoms with Gasteiger partial charge in [0.2, 0.25) is 0 Å². The second-order valence-electron chi connectivity index (χ2n) is 6.31. The van der Waals surface area contributed by atoms with Gasteiger partial charge in [0.15, 0.2) is 0 Å². The van der Waals surface area contributed by atoms with Gasteiger partial charge in [0, 0.05) is 62.6 Å². The number of benzene rings is 1. The minimum atomic E-state index is -0.302. The SMILES string of the molecule is CC(Cc1cnccn1)NC(=O)Nc1cccc(N2CCN(C)C2=O)c1. The molecule has 8 heteroatoms. The number of anilines is 2. The van der Waals surface area contributed by atoms with Crippen molar-refractivity contribution in [3.63, 3.8) is 0 Å². The quantitative estimate of drug-likeness (QED) is 0.860. The van der Waals surface area contributed by atoms with Crippen LogP contribution in [0.3, 0.4) is 0 Å². The summed E-state index contributed by atoms with van der Waals surface area (Å²) < 4.78 is 0. The molecule has 4 amide bonds. The molecule has 1 saturated heterocycles. The lowest BCUT2D eigenvalue weighted by Gasteiger charge is -2.18. The van der Waals surface area contributed by atoms with E-state index in [0.717, 1.165) is 11.4 Å². The van der Waals surface area contributed by atoms with Crippen LogP contribution in [0.1, 0.15) is 12.6 Å². The average Bonchev–Trinajstić information content (AvgIpc) is 2.95. The van der Waals surface area contributed by atoms with Gasteiger partial charge >= 0.3 is 12.1 Å². The van der Waals surface area contributed by atoms with E-state index >= 15 is 0 Å². The zero-order valence-electron chi connectivity index (χ0n) is 14.8. The average molecular weight is 354 g/mol. The highest BCUT2D eigenvalue weighted by Crippen LogP contribution is 2.23. The number of nitrogens with one attached hydrogen (secondary N) is 2. The number of likely N-dealkylation sites (N-methyl/N-ethyl adjacent to an activating group) is 1. The van der Waals surface area contributed by atoms with E-state index < -0.39 is 0 Å². The minimum Gasteiger partial charge on any atom is -0.335 e. The first-order valence-electron chi connectivity index (χ1n) is 8.48. The number of nitrogens with zero attached hydrogens (tertiary/aromatic N) is 4. The number of hydrogen-bond acceptors (Lipinski definition) is 4. The third-order valence-corrected chi connectivity index (χ3v) is 4.14. The van der Waals surface area contributed by atoms with Gasteiger partial charge in [-0.2, -0.15) is 0 Å². The standard InChI is InChI=1S/C18H22N6O2/c1-13(10-15-12-19-6-7-20-15)21-17(25)22-14-4-3-5-16(11-14)24-9-8-23(2)18(24)26/h3-7,11-13H,8-10H2,1-2H3,(H2,21,22,25). The van der Waals surface area contributed by atoms with Gasteiger partial charge in [0.25, 0.3) is 0 Å². The number of hydrogen-bond donors (Lipinski definition) is 2. The van der Waals surface area contributed by atoms with Crippen LogP contribution in [0, 0.1) is 0 Å². The molecular weight excluding hydrogens is 332 g/mol. The smallest absolute Gasteiger partial charge is 0.324 e. The Bertz CT molecular complexity index is 782. The molecule has 0 bridgehead atoms. The van der Waals surface area contributed by atoms with Gasteiger partial charge in [-0.3, -0.25) is 14.9 Å². The maximum absolute atomic E-state index is 12.2. The number of rotatable bonds is 5. The molecule has 8 nitrogen and oxygen atoms in total. The molecule has 2 heterocycles. The summed E-state index contributed by atoms with van der Waals surface area (Å²) in [6.45, 7) is 3.24. The zero-order chi connectivity index (χ0) is 18.5. The molecule has 3 rings (SSSR count). The number of carbonyl (C=O) groups is 2. The topological polar surface area (TPSA) is 90.5 Å². The van der Waals surface area contributed by atoms with Crippen LogP contribution in [0.15, 0.2) is 42.9 Å². The molecular formula is C18H22N6O2. The first kappa shape index (κ1) is 17.7. The molecule has 0 saturated carbocycles. The molecule has 1 aromatic carbocycles. The lowest BCUT2D eigenvalue weighted by atomic mass is 10.2. The third kappa shape index (κ3) is 4.27. The van der Waals surface area contributed by atoms with E-state index in [0.29, 0.717) is 25.2 Å². The molecule has 0 radical (unpaired) electrons. The Labute approximate surface area is 152 Å². The summed E-state index contributed by atoms with van der Waals surface area (Å²) in [5.41, 5.74) is 2.22. The molecule has 26 heavy (non-hydrogen) atoms. The van der Waals surface area contributed by atoms with Gasteiger partial charge in [-0.15, -0.1) is 0 Å². The summed E-state index contributed by atoms with van der Waals surface area (Å²) >= 11 is 0. The molecule has 136 valence electrons. The Kier molecular flexibility index (Phi) is 5.31. The van der Waals surface area contributed by atoms with Crippen molar-refractivity contribution < 1.29 is 9.59 Å². The lowest BCUT2D eigenvalue weighted by molar-refractivity contribution is 0.229. The first-order chi connectivity index (χ1) is 12.5. The zero-order valence-corrected chi connectivity index (χ0v) is 14.8. The Balaban J connectivity index is 1.57. The molecule has 1 aromatic heterocycles. The molecule has 1 aliphatic heterocycles. The summed E-state index contributed by atoms with van der Waals surface area (Å²) in [4.78, 5) is 35.9. The van der Waals surface area contributed by atoms with E-state index in [1.54, 1.807) is 47.6 Å². The third-order valence-electron chi connectivity index (χ3n) is 4.14. The van der Waals surface area contributed by atoms with Crippen LogP contribution >= 0.6 is 0 Å². The summed E-state index contributed by atoms with van der Waals surface area (Å²) in [5, 5.41) is 5.69. The van der Waals surface area contributed by atoms with Crippen molar-refractivity contribution in [1.82, 2.24) is 20.2 Å². The Hall–Kier alpha value is -3.16. The second kappa shape index (κ2) is 7.81. The number of urea groups is 2. The maximum atomic E-state index is 12.2. The van der Waals surface area contributed by atoms with Crippen LogP contribution in [0.25, 0.3) is 0 Å². The number of amides is 4. The van der Waals surface area contributed by atoms with E-state index in [1.807, 2.05) is 19.1 Å². The predicted octanol–water partition coefficient (Wildman–Crippen LogP) is 2.10. The van der Waals surface area contributed by atoms with Crippen LogP contribution < -0.4 is 15.5 Å². The number of aromatic nitrogens is 2. The Morgan fingerprint density at radius 2 is 2.15 bits per heavy atom. The van der Waals surface area contributed by atoms with Crippen LogP contribution in [0.2, 0.25) is 0 Å². The summed E-state index contributed by atoms with van der Waals surface area (Å²) in [6, 6.07) is 6.83. The van der Waals surface area contributed by atoms with Gasteiger partial charge < -0.3 is 15.5 Å². The summed E-state index contributed by atoms with van der Waals surface area (Å²) in [5.74, 6) is 0. The molecule has 1 unspecified atom stereocenters. The van der Waals surface area contributed by atoms with Gasteiger partial charge in [0.1, 0.15) is 0 Å². The van der Waals surface area contributed by atoms with Crippen molar-refractivity contribution in [3.8, 4) is 0 Å². The second-order valence-corrected chi connectivity index (χ2v) is 6.31. The van der Waals surface area contributed by atoms with Crippen LogP contribution in [0.5, 0.6) is 0 Å². The number of carbonyl (C=O) groups excluding carboxylic acids is 2. The fourth-order valence-electron chi connectivity index (χ4n) is 2.83. The molecule has 1 fully saturated rings. The Morgan fingerprint density at radius 1 is 1.31 bits per heavy atom. The van der Waals surface area contributed by atoms with Crippen LogP contribution in [-0.2, 0) is 6.42 Å². The van der Waals surface area contributed by atoms with Crippen molar-refractivity contribution in [2.75, 3.05) is 30.4 Å². The van der Waals surface area contributed by atoms with Crippen molar-refractivity contribution in [2.45, 2.75) is 19.4 Å². The summed E-state index contributed by atoms with van der Waals surface area (Å²) in [6.07, 6.45) is 5.52. The van der Waals surface area contributed by atoms with Crippen molar-refractivity contribution in [1.29, 1.82) is 0 Å². The normalized spacial score (nSPS) is 15.1. The molecule has 2 aromatic rings. The maximum Gasteiger partial charge on any atom is 0.324 e. The van der Waals surface area contributed by atoms with Crippen LogP contribution in [-0.4, -0.2) is 53.1 Å². The molecule has 1 atom stereocenters. The first-order valence-corrected chi connectivity index (χ1v) is 8.48. The fraction of sp³-hybridized carbons (Fsp3) is 0.333. The van der Waals surface area contributed by atoms with Gasteiger partial charge in [0.05, 0.1) is 5.69 Å². The van der Waals surface area contributed by atoms with Crippen molar-refractivity contribution in [2.24, 2.45) is 0 Å². The van der Waals surface area contributed by atoms with E-state index in [-0.39, 0.29) is 18.1 Å². The van der Waals surface area contributed by atoms with Crippen molar-refractivity contribution >= 4 is 23.4 Å². The highest BCUT2D eigenvalue weighted by molar-refractivity contribution is 5.95. The lowest BCUT2D eigenvalue weighted by Crippen LogP contribution is -2.37. The highest BCUT2D eigenvalue weighted by Gasteiger charge is 2.26. The monoisotopic (exact) mass is 354 g/mol. The van der Waals surface area contributed by atoms with Gasteiger partial charge in [-0.25, -0.2) is 9.59 Å². The molecule has 0 spiro atoms. The van der Waals surface area contributed by atoms with Crippen LogP contribution in [0.4, 0.5) is 21.0 Å². The van der Waals surface area contributed by atoms with Crippen molar-refractivity contribution in [3.05, 3.63) is 48.5 Å². The van der Waals surface area contributed by atoms with Gasteiger partial charge in [-0.1, -0.05) is 6.07 Å². The minimum absolute atomic E-state index is 0.0378. The highest BCUT2D eigenvalue weighted by atomic mass is 16.2. The van der Waals surface area contributed by atoms with E-state index in [4.69, 9.17) is 0 Å². The van der Waals surface area contributed by atoms with Gasteiger partial charge in [-0.05, 0) is 25.1 Å². The van der Waals surface area contributed by atoms with E-state index in [9.17, 15) is 9.59 Å². The molecule has 0 aliphatic carbocycles. The molecule has 1 aliphatic rings.